The van der Waals surface area contributed by atoms with Crippen molar-refractivity contribution in [2.75, 3.05) is 5.32 Å². The lowest BCUT2D eigenvalue weighted by atomic mass is 10.2. The minimum atomic E-state index is -0.805. The van der Waals surface area contributed by atoms with E-state index in [0.717, 1.165) is 10.2 Å². The Morgan fingerprint density at radius 3 is 2.80 bits per heavy atom. The third-order valence-electron chi connectivity index (χ3n) is 3.80. The predicted octanol–water partition coefficient (Wildman–Crippen LogP) is 3.66. The molecule has 0 bridgehead atoms. The Morgan fingerprint density at radius 1 is 1.28 bits per heavy atom. The van der Waals surface area contributed by atoms with E-state index in [9.17, 15) is 9.59 Å². The van der Waals surface area contributed by atoms with Gasteiger partial charge in [0.2, 0.25) is 5.91 Å². The van der Waals surface area contributed by atoms with Crippen LogP contribution in [0.15, 0.2) is 57.9 Å². The van der Waals surface area contributed by atoms with Crippen molar-refractivity contribution in [3.8, 4) is 11.5 Å². The number of nitrogens with one attached hydrogen (secondary N) is 1. The highest BCUT2D eigenvalue weighted by Crippen LogP contribution is 2.21. The molecule has 0 saturated heterocycles. The second-order valence-electron chi connectivity index (χ2n) is 5.60. The van der Waals surface area contributed by atoms with E-state index in [4.69, 9.17) is 16.0 Å². The zero-order chi connectivity index (χ0) is 18.0. The molecule has 7 heteroatoms. The lowest BCUT2D eigenvalue weighted by Gasteiger charge is -2.15. The molecule has 0 aliphatic carbocycles. The molecule has 3 rings (SSSR count). The molecule has 0 aliphatic heterocycles. The van der Waals surface area contributed by atoms with Crippen LogP contribution in [0.25, 0.3) is 11.5 Å². The molecule has 2 heterocycles. The number of hydrogen-bond acceptors (Lipinski definition) is 4. The van der Waals surface area contributed by atoms with E-state index in [1.54, 1.807) is 37.3 Å². The SMILES string of the molecule is Cc1ccc(Cl)cc1NC(=O)C(C)n1nc(-c2ccco2)ccc1=O. The first-order valence-corrected chi connectivity index (χ1v) is 8.04. The van der Waals surface area contributed by atoms with Crippen LogP contribution in [0.4, 0.5) is 5.69 Å². The number of furan rings is 1. The van der Waals surface area contributed by atoms with Gasteiger partial charge in [0, 0.05) is 16.8 Å². The number of amides is 1. The number of aromatic nitrogens is 2. The largest absolute Gasteiger partial charge is 0.463 e. The molecule has 6 nitrogen and oxygen atoms in total. The number of hydrogen-bond donors (Lipinski definition) is 1. The van der Waals surface area contributed by atoms with Gasteiger partial charge in [0.15, 0.2) is 5.76 Å². The fourth-order valence-corrected chi connectivity index (χ4v) is 2.51. The van der Waals surface area contributed by atoms with Gasteiger partial charge in [-0.2, -0.15) is 5.10 Å². The number of aryl methyl sites for hydroxylation is 1. The molecule has 128 valence electrons. The Balaban J connectivity index is 1.88. The van der Waals surface area contributed by atoms with Crippen molar-refractivity contribution in [3.05, 3.63) is 69.7 Å². The second kappa shape index (κ2) is 6.94. The number of nitrogens with zero attached hydrogens (tertiary/aromatic N) is 2. The smallest absolute Gasteiger partial charge is 0.267 e. The Hall–Kier alpha value is -2.86. The first-order chi connectivity index (χ1) is 12.0. The van der Waals surface area contributed by atoms with Gasteiger partial charge in [0.25, 0.3) is 5.56 Å². The fourth-order valence-electron chi connectivity index (χ4n) is 2.34. The van der Waals surface area contributed by atoms with E-state index in [1.807, 2.05) is 13.0 Å². The van der Waals surface area contributed by atoms with Crippen LogP contribution in [-0.2, 0) is 4.79 Å². The van der Waals surface area contributed by atoms with Crippen molar-refractivity contribution in [1.29, 1.82) is 0 Å². The van der Waals surface area contributed by atoms with Crippen molar-refractivity contribution >= 4 is 23.2 Å². The average molecular weight is 358 g/mol. The summed E-state index contributed by atoms with van der Waals surface area (Å²) in [6.45, 7) is 3.47. The second-order valence-corrected chi connectivity index (χ2v) is 6.04. The zero-order valence-electron chi connectivity index (χ0n) is 13.7. The number of rotatable bonds is 4. The van der Waals surface area contributed by atoms with Crippen molar-refractivity contribution in [2.24, 2.45) is 0 Å². The van der Waals surface area contributed by atoms with Gasteiger partial charge in [-0.3, -0.25) is 9.59 Å². The Kier molecular flexibility index (Phi) is 4.72. The van der Waals surface area contributed by atoms with E-state index in [0.29, 0.717) is 22.2 Å². The number of carbonyl (C=O) groups excluding carboxylic acids is 1. The van der Waals surface area contributed by atoms with E-state index in [-0.39, 0.29) is 11.5 Å². The summed E-state index contributed by atoms with van der Waals surface area (Å²) < 4.78 is 6.42. The van der Waals surface area contributed by atoms with Crippen molar-refractivity contribution in [3.63, 3.8) is 0 Å². The molecule has 0 saturated carbocycles. The molecule has 1 atom stereocenters. The summed E-state index contributed by atoms with van der Waals surface area (Å²) in [6, 6.07) is 10.8. The van der Waals surface area contributed by atoms with Crippen LogP contribution in [0.5, 0.6) is 0 Å². The Bertz CT molecular complexity index is 964. The molecule has 0 aliphatic rings. The monoisotopic (exact) mass is 357 g/mol. The van der Waals surface area contributed by atoms with E-state index in [2.05, 4.69) is 10.4 Å². The van der Waals surface area contributed by atoms with Gasteiger partial charge >= 0.3 is 0 Å². The van der Waals surface area contributed by atoms with Gasteiger partial charge in [0.1, 0.15) is 11.7 Å². The van der Waals surface area contributed by atoms with Gasteiger partial charge in [0.05, 0.1) is 6.26 Å². The third-order valence-corrected chi connectivity index (χ3v) is 4.04. The first-order valence-electron chi connectivity index (χ1n) is 7.66. The first kappa shape index (κ1) is 17.0. The van der Waals surface area contributed by atoms with Crippen LogP contribution in [0, 0.1) is 6.92 Å². The average Bonchev–Trinajstić information content (AvgIpc) is 3.12. The fraction of sp³-hybridized carbons (Fsp3) is 0.167. The van der Waals surface area contributed by atoms with Crippen LogP contribution in [-0.4, -0.2) is 15.7 Å². The highest BCUT2D eigenvalue weighted by Gasteiger charge is 2.19. The number of anilines is 1. The summed E-state index contributed by atoms with van der Waals surface area (Å²) in [5.41, 5.74) is 1.57. The van der Waals surface area contributed by atoms with Gasteiger partial charge < -0.3 is 9.73 Å². The molecule has 0 spiro atoms. The van der Waals surface area contributed by atoms with Crippen molar-refractivity contribution in [1.82, 2.24) is 9.78 Å². The summed E-state index contributed by atoms with van der Waals surface area (Å²) >= 11 is 5.97. The van der Waals surface area contributed by atoms with Crippen molar-refractivity contribution < 1.29 is 9.21 Å². The summed E-state index contributed by atoms with van der Waals surface area (Å²) in [6.07, 6.45) is 1.52. The Labute approximate surface area is 149 Å². The molecule has 25 heavy (non-hydrogen) atoms. The summed E-state index contributed by atoms with van der Waals surface area (Å²) in [5.74, 6) is 0.156. The highest BCUT2D eigenvalue weighted by molar-refractivity contribution is 6.31. The van der Waals surface area contributed by atoms with Gasteiger partial charge in [-0.1, -0.05) is 17.7 Å². The highest BCUT2D eigenvalue weighted by atomic mass is 35.5. The maximum Gasteiger partial charge on any atom is 0.267 e. The maximum absolute atomic E-state index is 12.5. The minimum absolute atomic E-state index is 0.364. The number of carbonyl (C=O) groups is 1. The number of benzene rings is 1. The normalized spacial score (nSPS) is 12.0. The van der Waals surface area contributed by atoms with E-state index in [1.165, 1.54) is 12.3 Å². The summed E-state index contributed by atoms with van der Waals surface area (Å²) in [4.78, 5) is 24.7. The summed E-state index contributed by atoms with van der Waals surface area (Å²) in [5, 5.41) is 7.54. The predicted molar refractivity (Wildman–Crippen MR) is 95.7 cm³/mol. The van der Waals surface area contributed by atoms with Gasteiger partial charge in [-0.25, -0.2) is 4.68 Å². The lowest BCUT2D eigenvalue weighted by Crippen LogP contribution is -2.33. The third kappa shape index (κ3) is 3.64. The lowest BCUT2D eigenvalue weighted by molar-refractivity contribution is -0.119. The molecule has 1 amide bonds. The molecule has 1 unspecified atom stereocenters. The van der Waals surface area contributed by atoms with Crippen LogP contribution in [0.2, 0.25) is 5.02 Å². The van der Waals surface area contributed by atoms with Crippen LogP contribution in [0.1, 0.15) is 18.5 Å². The molecule has 1 N–H and O–H groups in total. The molecule has 0 fully saturated rings. The zero-order valence-corrected chi connectivity index (χ0v) is 14.4. The topological polar surface area (TPSA) is 77.1 Å². The van der Waals surface area contributed by atoms with Gasteiger partial charge in [-0.15, -0.1) is 0 Å². The summed E-state index contributed by atoms with van der Waals surface area (Å²) in [7, 11) is 0. The Morgan fingerprint density at radius 2 is 2.08 bits per heavy atom. The molecule has 1 aromatic carbocycles. The van der Waals surface area contributed by atoms with Crippen LogP contribution >= 0.6 is 11.6 Å². The molecular weight excluding hydrogens is 342 g/mol. The van der Waals surface area contributed by atoms with E-state index < -0.39 is 6.04 Å². The quantitative estimate of drug-likeness (QED) is 0.772. The number of halogens is 1. The maximum atomic E-state index is 12.5. The molecule has 3 aromatic rings. The molecular formula is C18H16ClN3O3. The van der Waals surface area contributed by atoms with Crippen LogP contribution < -0.4 is 10.9 Å². The molecule has 2 aromatic heterocycles. The molecule has 0 radical (unpaired) electrons. The minimum Gasteiger partial charge on any atom is -0.463 e. The van der Waals surface area contributed by atoms with Crippen LogP contribution in [0.3, 0.4) is 0 Å². The van der Waals surface area contributed by atoms with Crippen molar-refractivity contribution in [2.45, 2.75) is 19.9 Å². The van der Waals surface area contributed by atoms with Gasteiger partial charge in [-0.05, 0) is 49.7 Å². The standard InChI is InChI=1S/C18H16ClN3O3/c1-11-5-6-13(19)10-15(11)20-18(24)12(2)22-17(23)8-7-14(21-22)16-4-3-9-25-16/h3-10,12H,1-2H3,(H,20,24). The van der Waals surface area contributed by atoms with E-state index >= 15 is 0 Å².